The lowest BCUT2D eigenvalue weighted by molar-refractivity contribution is 0.0810. The highest BCUT2D eigenvalue weighted by molar-refractivity contribution is 5.18. The van der Waals surface area contributed by atoms with E-state index in [0.29, 0.717) is 6.42 Å². The molecule has 0 aliphatic heterocycles. The first-order valence-electron chi connectivity index (χ1n) is 3.89. The van der Waals surface area contributed by atoms with Crippen molar-refractivity contribution in [1.82, 2.24) is 9.78 Å². The van der Waals surface area contributed by atoms with Crippen molar-refractivity contribution < 1.29 is 5.11 Å². The van der Waals surface area contributed by atoms with Crippen LogP contribution in [0.4, 0.5) is 0 Å². The third-order valence-corrected chi connectivity index (χ3v) is 1.48. The molecular formula is C9H14N2O. The fourth-order valence-corrected chi connectivity index (χ4v) is 1.07. The number of rotatable bonds is 3. The van der Waals surface area contributed by atoms with Crippen molar-refractivity contribution in [3.05, 3.63) is 24.5 Å². The van der Waals surface area contributed by atoms with E-state index >= 15 is 0 Å². The average molecular weight is 166 g/mol. The third kappa shape index (κ3) is 2.51. The lowest BCUT2D eigenvalue weighted by Crippen LogP contribution is -2.21. The van der Waals surface area contributed by atoms with Gasteiger partial charge in [0.05, 0.1) is 11.8 Å². The summed E-state index contributed by atoms with van der Waals surface area (Å²) >= 11 is 0. The fraction of sp³-hybridized carbons (Fsp3) is 0.444. The van der Waals surface area contributed by atoms with E-state index in [9.17, 15) is 5.11 Å². The Balaban J connectivity index is 2.70. The van der Waals surface area contributed by atoms with Crippen LogP contribution in [0.3, 0.4) is 0 Å². The summed E-state index contributed by atoms with van der Waals surface area (Å²) in [6.07, 6.45) is 5.82. The van der Waals surface area contributed by atoms with Crippen molar-refractivity contribution in [2.45, 2.75) is 25.9 Å². The minimum Gasteiger partial charge on any atom is -0.390 e. The van der Waals surface area contributed by atoms with Crippen molar-refractivity contribution in [2.24, 2.45) is 0 Å². The van der Waals surface area contributed by atoms with Gasteiger partial charge in [-0.05, 0) is 19.4 Å². The number of nitrogens with zero attached hydrogens (tertiary/aromatic N) is 2. The van der Waals surface area contributed by atoms with E-state index in [-0.39, 0.29) is 0 Å². The predicted octanol–water partition coefficient (Wildman–Crippen LogP) is 1.30. The molecule has 1 heterocycles. The van der Waals surface area contributed by atoms with E-state index in [0.717, 1.165) is 5.56 Å². The second kappa shape index (κ2) is 3.11. The van der Waals surface area contributed by atoms with Crippen LogP contribution in [0.5, 0.6) is 0 Å². The quantitative estimate of drug-likeness (QED) is 0.735. The Morgan fingerprint density at radius 2 is 2.42 bits per heavy atom. The molecular weight excluding hydrogens is 152 g/mol. The van der Waals surface area contributed by atoms with E-state index in [2.05, 4.69) is 11.7 Å². The first kappa shape index (κ1) is 9.00. The Bertz CT molecular complexity index is 270. The highest BCUT2D eigenvalue weighted by Gasteiger charge is 2.13. The highest BCUT2D eigenvalue weighted by Crippen LogP contribution is 2.10. The van der Waals surface area contributed by atoms with Crippen molar-refractivity contribution in [3.8, 4) is 0 Å². The van der Waals surface area contributed by atoms with E-state index in [4.69, 9.17) is 0 Å². The molecule has 0 atom stereocenters. The van der Waals surface area contributed by atoms with E-state index < -0.39 is 5.60 Å². The molecule has 66 valence electrons. The van der Waals surface area contributed by atoms with E-state index in [1.54, 1.807) is 30.9 Å². The van der Waals surface area contributed by atoms with Gasteiger partial charge in [0.2, 0.25) is 0 Å². The fourth-order valence-electron chi connectivity index (χ4n) is 1.07. The summed E-state index contributed by atoms with van der Waals surface area (Å²) in [5.74, 6) is 0. The molecule has 0 bridgehead atoms. The van der Waals surface area contributed by atoms with Crippen molar-refractivity contribution in [3.63, 3.8) is 0 Å². The summed E-state index contributed by atoms with van der Waals surface area (Å²) in [5, 5.41) is 13.5. The molecule has 0 aliphatic carbocycles. The maximum atomic E-state index is 9.49. The topological polar surface area (TPSA) is 38.0 Å². The molecule has 0 aliphatic rings. The van der Waals surface area contributed by atoms with Gasteiger partial charge in [-0.1, -0.05) is 6.58 Å². The minimum absolute atomic E-state index is 0.612. The van der Waals surface area contributed by atoms with Crippen LogP contribution in [0.15, 0.2) is 19.0 Å². The Morgan fingerprint density at radius 1 is 1.75 bits per heavy atom. The van der Waals surface area contributed by atoms with E-state index in [1.165, 1.54) is 0 Å². The van der Waals surface area contributed by atoms with Gasteiger partial charge in [0, 0.05) is 18.8 Å². The maximum absolute atomic E-state index is 9.49. The number of aromatic nitrogens is 2. The van der Waals surface area contributed by atoms with Crippen LogP contribution in [0.25, 0.3) is 6.20 Å². The number of hydrogen-bond acceptors (Lipinski definition) is 2. The van der Waals surface area contributed by atoms with Gasteiger partial charge in [0.15, 0.2) is 0 Å². The second-order valence-corrected chi connectivity index (χ2v) is 3.50. The van der Waals surface area contributed by atoms with Gasteiger partial charge < -0.3 is 5.11 Å². The Morgan fingerprint density at radius 3 is 2.83 bits per heavy atom. The van der Waals surface area contributed by atoms with E-state index in [1.807, 2.05) is 6.20 Å². The summed E-state index contributed by atoms with van der Waals surface area (Å²) < 4.78 is 1.63. The lowest BCUT2D eigenvalue weighted by Gasteiger charge is -2.14. The normalized spacial score (nSPS) is 11.6. The zero-order chi connectivity index (χ0) is 9.19. The smallest absolute Gasteiger partial charge is 0.0633 e. The molecule has 1 N–H and O–H groups in total. The van der Waals surface area contributed by atoms with Crippen LogP contribution < -0.4 is 0 Å². The first-order chi connectivity index (χ1) is 5.51. The van der Waals surface area contributed by atoms with Crippen LogP contribution in [-0.4, -0.2) is 20.5 Å². The molecule has 0 amide bonds. The molecule has 1 aromatic rings. The molecule has 1 rings (SSSR count). The Kier molecular flexibility index (Phi) is 2.33. The molecule has 3 heteroatoms. The third-order valence-electron chi connectivity index (χ3n) is 1.48. The van der Waals surface area contributed by atoms with Gasteiger partial charge in [-0.15, -0.1) is 0 Å². The maximum Gasteiger partial charge on any atom is 0.0633 e. The van der Waals surface area contributed by atoms with Gasteiger partial charge in [-0.3, -0.25) is 0 Å². The van der Waals surface area contributed by atoms with Crippen LogP contribution in [-0.2, 0) is 6.42 Å². The Labute approximate surface area is 72.3 Å². The number of aliphatic hydroxyl groups is 1. The molecule has 0 spiro atoms. The van der Waals surface area contributed by atoms with Crippen molar-refractivity contribution >= 4 is 6.20 Å². The summed E-state index contributed by atoms with van der Waals surface area (Å²) in [5.41, 5.74) is 0.345. The summed E-state index contributed by atoms with van der Waals surface area (Å²) in [4.78, 5) is 0. The molecule has 0 unspecified atom stereocenters. The largest absolute Gasteiger partial charge is 0.390 e. The minimum atomic E-state index is -0.672. The molecule has 0 saturated heterocycles. The predicted molar refractivity (Wildman–Crippen MR) is 48.6 cm³/mol. The SMILES string of the molecule is C=Cn1cc(CC(C)(C)O)cn1. The number of hydrogen-bond donors (Lipinski definition) is 1. The highest BCUT2D eigenvalue weighted by atomic mass is 16.3. The van der Waals surface area contributed by atoms with Gasteiger partial charge >= 0.3 is 0 Å². The summed E-state index contributed by atoms with van der Waals surface area (Å²) in [7, 11) is 0. The molecule has 0 aromatic carbocycles. The lowest BCUT2D eigenvalue weighted by atomic mass is 10.0. The average Bonchev–Trinajstić information content (AvgIpc) is 2.32. The van der Waals surface area contributed by atoms with Gasteiger partial charge in [0.25, 0.3) is 0 Å². The molecule has 3 nitrogen and oxygen atoms in total. The second-order valence-electron chi connectivity index (χ2n) is 3.50. The first-order valence-corrected chi connectivity index (χ1v) is 3.89. The Hall–Kier alpha value is -1.09. The van der Waals surface area contributed by atoms with Crippen LogP contribution in [0, 0.1) is 0 Å². The molecule has 0 fully saturated rings. The summed E-state index contributed by atoms with van der Waals surface area (Å²) in [6.45, 7) is 7.13. The molecule has 1 aromatic heterocycles. The molecule has 12 heavy (non-hydrogen) atoms. The molecule has 0 radical (unpaired) electrons. The standard InChI is InChI=1S/C9H14N2O/c1-4-11-7-8(6-10-11)5-9(2,3)12/h4,6-7,12H,1,5H2,2-3H3. The van der Waals surface area contributed by atoms with Gasteiger partial charge in [-0.2, -0.15) is 5.10 Å². The van der Waals surface area contributed by atoms with Gasteiger partial charge in [-0.25, -0.2) is 4.68 Å². The monoisotopic (exact) mass is 166 g/mol. The van der Waals surface area contributed by atoms with Gasteiger partial charge in [0.1, 0.15) is 0 Å². The molecule has 0 saturated carbocycles. The van der Waals surface area contributed by atoms with Crippen LogP contribution in [0.2, 0.25) is 0 Å². The zero-order valence-electron chi connectivity index (χ0n) is 7.49. The van der Waals surface area contributed by atoms with Crippen molar-refractivity contribution in [2.75, 3.05) is 0 Å². The van der Waals surface area contributed by atoms with Crippen molar-refractivity contribution in [1.29, 1.82) is 0 Å². The van der Waals surface area contributed by atoms with Crippen LogP contribution >= 0.6 is 0 Å². The van der Waals surface area contributed by atoms with Crippen LogP contribution in [0.1, 0.15) is 19.4 Å². The zero-order valence-corrected chi connectivity index (χ0v) is 7.49. The summed E-state index contributed by atoms with van der Waals surface area (Å²) in [6, 6.07) is 0.